The highest BCUT2D eigenvalue weighted by Crippen LogP contribution is 2.19. The largest absolute Gasteiger partial charge is 0.484 e. The number of rotatable bonds is 6. The minimum atomic E-state index is -0.373. The number of hydrogen-bond donors (Lipinski definition) is 1. The Morgan fingerprint density at radius 1 is 1.03 bits per heavy atom. The quantitative estimate of drug-likeness (QED) is 0.784. The fourth-order valence-corrected chi connectivity index (χ4v) is 3.10. The van der Waals surface area contributed by atoms with Gasteiger partial charge in [0.1, 0.15) is 5.75 Å². The van der Waals surface area contributed by atoms with Crippen LogP contribution in [-0.4, -0.2) is 56.0 Å². The molecule has 0 bridgehead atoms. The number of halogens is 1. The molecule has 2 aromatic carbocycles. The van der Waals surface area contributed by atoms with Crippen LogP contribution in [0.2, 0.25) is 5.02 Å². The highest BCUT2D eigenvalue weighted by molar-refractivity contribution is 6.30. The second-order valence-electron chi connectivity index (χ2n) is 6.55. The Morgan fingerprint density at radius 2 is 1.69 bits per heavy atom. The molecule has 0 spiro atoms. The van der Waals surface area contributed by atoms with Crippen LogP contribution in [0.25, 0.3) is 0 Å². The summed E-state index contributed by atoms with van der Waals surface area (Å²) in [5.74, 6) is -0.00112. The van der Waals surface area contributed by atoms with E-state index in [2.05, 4.69) is 10.2 Å². The van der Waals surface area contributed by atoms with Crippen LogP contribution in [0, 0.1) is 11.3 Å². The highest BCUT2D eigenvalue weighted by atomic mass is 35.5. The van der Waals surface area contributed by atoms with Crippen LogP contribution in [0.1, 0.15) is 5.56 Å². The molecule has 29 heavy (non-hydrogen) atoms. The molecular weight excluding hydrogens is 392 g/mol. The first kappa shape index (κ1) is 20.5. The minimum absolute atomic E-state index is 0.0590. The van der Waals surface area contributed by atoms with Crippen LogP contribution in [0.15, 0.2) is 48.5 Å². The van der Waals surface area contributed by atoms with Gasteiger partial charge < -0.3 is 19.9 Å². The molecule has 1 fully saturated rings. The van der Waals surface area contributed by atoms with Crippen LogP contribution in [0.3, 0.4) is 0 Å². The van der Waals surface area contributed by atoms with Crippen LogP contribution in [-0.2, 0) is 9.59 Å². The van der Waals surface area contributed by atoms with Crippen LogP contribution in [0.4, 0.5) is 5.69 Å². The molecule has 3 rings (SSSR count). The molecule has 2 aromatic rings. The molecule has 0 atom stereocenters. The summed E-state index contributed by atoms with van der Waals surface area (Å²) in [5.41, 5.74) is 1.60. The number of nitriles is 1. The van der Waals surface area contributed by atoms with Gasteiger partial charge in [0.05, 0.1) is 18.2 Å². The van der Waals surface area contributed by atoms with Crippen molar-refractivity contribution >= 4 is 29.1 Å². The van der Waals surface area contributed by atoms with Gasteiger partial charge in [0.15, 0.2) is 6.61 Å². The Hall–Kier alpha value is -3.24. The molecule has 0 radical (unpaired) electrons. The fourth-order valence-electron chi connectivity index (χ4n) is 2.98. The predicted octanol–water partition coefficient (Wildman–Crippen LogP) is 2.06. The molecule has 0 unspecified atom stereocenters. The van der Waals surface area contributed by atoms with E-state index < -0.39 is 0 Å². The summed E-state index contributed by atoms with van der Waals surface area (Å²) in [5, 5.41) is 12.0. The number of hydrogen-bond acceptors (Lipinski definition) is 5. The Bertz CT molecular complexity index is 886. The van der Waals surface area contributed by atoms with Gasteiger partial charge in [-0.25, -0.2) is 0 Å². The molecule has 1 aliphatic rings. The van der Waals surface area contributed by atoms with Gasteiger partial charge in [-0.3, -0.25) is 9.59 Å². The number of piperazine rings is 1. The number of benzene rings is 2. The number of nitrogens with one attached hydrogen (secondary N) is 1. The van der Waals surface area contributed by atoms with E-state index in [1.807, 2.05) is 30.3 Å². The molecule has 8 heteroatoms. The predicted molar refractivity (Wildman–Crippen MR) is 110 cm³/mol. The highest BCUT2D eigenvalue weighted by Gasteiger charge is 2.21. The van der Waals surface area contributed by atoms with Crippen molar-refractivity contribution in [1.29, 1.82) is 5.26 Å². The minimum Gasteiger partial charge on any atom is -0.484 e. The lowest BCUT2D eigenvalue weighted by Gasteiger charge is -2.36. The third kappa shape index (κ3) is 5.87. The first-order valence-corrected chi connectivity index (χ1v) is 9.61. The average Bonchev–Trinajstić information content (AvgIpc) is 2.77. The number of ether oxygens (including phenoxy) is 1. The molecule has 1 N–H and O–H groups in total. The van der Waals surface area contributed by atoms with Crippen LogP contribution in [0.5, 0.6) is 5.75 Å². The molecule has 0 aromatic heterocycles. The van der Waals surface area contributed by atoms with Gasteiger partial charge >= 0.3 is 0 Å². The fraction of sp³-hybridized carbons (Fsp3) is 0.286. The Balaban J connectivity index is 1.37. The monoisotopic (exact) mass is 412 g/mol. The molecule has 1 heterocycles. The zero-order valence-corrected chi connectivity index (χ0v) is 16.6. The van der Waals surface area contributed by atoms with Gasteiger partial charge in [0.2, 0.25) is 5.91 Å². The number of carbonyl (C=O) groups excluding carboxylic acids is 2. The Kier molecular flexibility index (Phi) is 6.93. The summed E-state index contributed by atoms with van der Waals surface area (Å²) >= 11 is 5.92. The Labute approximate surface area is 174 Å². The van der Waals surface area contributed by atoms with Crippen LogP contribution >= 0.6 is 11.6 Å². The summed E-state index contributed by atoms with van der Waals surface area (Å²) in [7, 11) is 0. The number of nitrogens with zero attached hydrogens (tertiary/aromatic N) is 3. The molecule has 0 aliphatic carbocycles. The summed E-state index contributed by atoms with van der Waals surface area (Å²) in [6, 6.07) is 16.1. The maximum Gasteiger partial charge on any atom is 0.258 e. The summed E-state index contributed by atoms with van der Waals surface area (Å²) in [6.07, 6.45) is 0. The molecule has 0 saturated carbocycles. The van der Waals surface area contributed by atoms with Crippen molar-refractivity contribution in [3.63, 3.8) is 0 Å². The average molecular weight is 413 g/mol. The Morgan fingerprint density at radius 3 is 2.31 bits per heavy atom. The molecule has 1 aliphatic heterocycles. The zero-order chi connectivity index (χ0) is 20.6. The molecule has 7 nitrogen and oxygen atoms in total. The number of amides is 2. The molecule has 150 valence electrons. The second kappa shape index (κ2) is 9.80. The smallest absolute Gasteiger partial charge is 0.258 e. The van der Waals surface area contributed by atoms with Crippen molar-refractivity contribution in [3.8, 4) is 11.8 Å². The van der Waals surface area contributed by atoms with Gasteiger partial charge in [-0.15, -0.1) is 0 Å². The van der Waals surface area contributed by atoms with Gasteiger partial charge in [0.25, 0.3) is 5.91 Å². The zero-order valence-electron chi connectivity index (χ0n) is 15.8. The van der Waals surface area contributed by atoms with E-state index in [9.17, 15) is 9.59 Å². The van der Waals surface area contributed by atoms with Crippen molar-refractivity contribution in [2.75, 3.05) is 44.2 Å². The summed E-state index contributed by atoms with van der Waals surface area (Å²) < 4.78 is 5.35. The van der Waals surface area contributed by atoms with Crippen molar-refractivity contribution in [2.24, 2.45) is 0 Å². The third-order valence-electron chi connectivity index (χ3n) is 4.61. The van der Waals surface area contributed by atoms with Crippen molar-refractivity contribution in [2.45, 2.75) is 0 Å². The van der Waals surface area contributed by atoms with Crippen molar-refractivity contribution in [3.05, 3.63) is 59.1 Å². The lowest BCUT2D eigenvalue weighted by molar-refractivity contribution is -0.133. The van der Waals surface area contributed by atoms with Crippen molar-refractivity contribution < 1.29 is 14.3 Å². The summed E-state index contributed by atoms with van der Waals surface area (Å²) in [4.78, 5) is 28.2. The van der Waals surface area contributed by atoms with Crippen molar-refractivity contribution in [1.82, 2.24) is 10.2 Å². The van der Waals surface area contributed by atoms with Gasteiger partial charge in [-0.2, -0.15) is 5.26 Å². The lowest BCUT2D eigenvalue weighted by atomic mass is 10.2. The normalized spacial score (nSPS) is 13.5. The molecular formula is C21H21ClN4O3. The number of anilines is 1. The van der Waals surface area contributed by atoms with Gasteiger partial charge in [-0.05, 0) is 48.5 Å². The van der Waals surface area contributed by atoms with E-state index in [1.165, 1.54) is 0 Å². The first-order valence-electron chi connectivity index (χ1n) is 9.23. The number of carbonyl (C=O) groups is 2. The molecule has 1 saturated heterocycles. The van der Waals surface area contributed by atoms with Gasteiger partial charge in [0, 0.05) is 36.9 Å². The van der Waals surface area contributed by atoms with E-state index in [0.717, 1.165) is 18.8 Å². The maximum atomic E-state index is 12.3. The maximum absolute atomic E-state index is 12.3. The lowest BCUT2D eigenvalue weighted by Crippen LogP contribution is -2.51. The summed E-state index contributed by atoms with van der Waals surface area (Å²) in [6.45, 7) is 2.39. The van der Waals surface area contributed by atoms with E-state index >= 15 is 0 Å². The van der Waals surface area contributed by atoms with E-state index in [0.29, 0.717) is 29.4 Å². The topological polar surface area (TPSA) is 85.7 Å². The van der Waals surface area contributed by atoms with E-state index in [4.69, 9.17) is 21.6 Å². The molecule has 2 amide bonds. The van der Waals surface area contributed by atoms with E-state index in [-0.39, 0.29) is 25.0 Å². The van der Waals surface area contributed by atoms with Crippen LogP contribution < -0.4 is 15.0 Å². The second-order valence-corrected chi connectivity index (χ2v) is 6.98. The van der Waals surface area contributed by atoms with Gasteiger partial charge in [-0.1, -0.05) is 11.6 Å². The third-order valence-corrected chi connectivity index (χ3v) is 4.87. The SMILES string of the molecule is N#Cc1ccc(OCC(=O)NCC(=O)N2CCN(c3ccc(Cl)cc3)CC2)cc1. The van der Waals surface area contributed by atoms with E-state index in [1.54, 1.807) is 29.2 Å². The first-order chi connectivity index (χ1) is 14.0. The standard InChI is InChI=1S/C21H21ClN4O3/c22-17-3-5-18(6-4-17)25-9-11-26(12-10-25)21(28)14-24-20(27)15-29-19-7-1-16(13-23)2-8-19/h1-8H,9-12,14-15H2,(H,24,27).